The Kier molecular flexibility index (Phi) is 5.15. The number of aliphatic hydroxyl groups excluding tert-OH is 1. The molecule has 118 valence electrons. The van der Waals surface area contributed by atoms with Crippen molar-refractivity contribution in [1.82, 2.24) is 4.90 Å². The lowest BCUT2D eigenvalue weighted by Gasteiger charge is -2.28. The van der Waals surface area contributed by atoms with Crippen LogP contribution in [0.1, 0.15) is 17.2 Å². The minimum Gasteiger partial charge on any atom is -0.502 e. The van der Waals surface area contributed by atoms with Crippen LogP contribution in [0.25, 0.3) is 0 Å². The van der Waals surface area contributed by atoms with Gasteiger partial charge in [0.2, 0.25) is 5.76 Å². The van der Waals surface area contributed by atoms with Gasteiger partial charge in [0.05, 0.1) is 12.1 Å². The van der Waals surface area contributed by atoms with E-state index >= 15 is 0 Å². The lowest BCUT2D eigenvalue weighted by atomic mass is 9.97. The topological polar surface area (TPSA) is 77.8 Å². The second-order valence-corrected chi connectivity index (χ2v) is 5.01. The third kappa shape index (κ3) is 3.97. The normalized spacial score (nSPS) is 11.3. The summed E-state index contributed by atoms with van der Waals surface area (Å²) in [6.07, 6.45) is 0.710. The summed E-state index contributed by atoms with van der Waals surface area (Å²) in [7, 11) is 1.57. The van der Waals surface area contributed by atoms with Crippen LogP contribution in [-0.4, -0.2) is 34.0 Å². The van der Waals surface area contributed by atoms with E-state index in [1.807, 2.05) is 60.7 Å². The molecule has 0 atom stereocenters. The molecule has 0 spiro atoms. The molecular weight excluding hydrogens is 294 g/mol. The maximum Gasteiger partial charge on any atom is 0.371 e. The lowest BCUT2D eigenvalue weighted by molar-refractivity contribution is -0.136. The number of carbonyl (C=O) groups excluding carboxylic acids is 1. The number of carboxylic acids is 1. The van der Waals surface area contributed by atoms with Crippen LogP contribution >= 0.6 is 0 Å². The molecule has 0 aliphatic carbocycles. The lowest BCUT2D eigenvalue weighted by Crippen LogP contribution is -2.31. The summed E-state index contributed by atoms with van der Waals surface area (Å²) < 4.78 is 0. The van der Waals surface area contributed by atoms with Crippen molar-refractivity contribution >= 4 is 11.9 Å². The maximum absolute atomic E-state index is 12.3. The third-order valence-corrected chi connectivity index (χ3v) is 3.44. The Morgan fingerprint density at radius 2 is 1.35 bits per heavy atom. The minimum atomic E-state index is -1.54. The van der Waals surface area contributed by atoms with Crippen molar-refractivity contribution in [2.75, 3.05) is 7.05 Å². The zero-order valence-electron chi connectivity index (χ0n) is 12.6. The Hall–Kier alpha value is -3.08. The van der Waals surface area contributed by atoms with Crippen LogP contribution in [0.5, 0.6) is 0 Å². The van der Waals surface area contributed by atoms with Crippen LogP contribution in [0.3, 0.4) is 0 Å². The molecule has 2 rings (SSSR count). The Balaban J connectivity index is 2.40. The van der Waals surface area contributed by atoms with Gasteiger partial charge in [0.1, 0.15) is 0 Å². The van der Waals surface area contributed by atoms with E-state index in [2.05, 4.69) is 0 Å². The van der Waals surface area contributed by atoms with Gasteiger partial charge in [0.25, 0.3) is 5.91 Å². The number of nitrogens with zero attached hydrogens (tertiary/aromatic N) is 1. The number of rotatable bonds is 5. The highest BCUT2D eigenvalue weighted by atomic mass is 16.4. The fraction of sp³-hybridized carbons (Fsp3) is 0.111. The number of aliphatic carboxylic acids is 1. The first kappa shape index (κ1) is 16.3. The summed E-state index contributed by atoms with van der Waals surface area (Å²) in [5.41, 5.74) is 1.77. The van der Waals surface area contributed by atoms with E-state index in [1.165, 1.54) is 4.90 Å². The molecule has 0 saturated heterocycles. The molecule has 0 unspecified atom stereocenters. The molecule has 0 radical (unpaired) electrons. The van der Waals surface area contributed by atoms with E-state index in [9.17, 15) is 14.7 Å². The third-order valence-electron chi connectivity index (χ3n) is 3.44. The van der Waals surface area contributed by atoms with E-state index < -0.39 is 17.6 Å². The molecule has 5 nitrogen and oxygen atoms in total. The van der Waals surface area contributed by atoms with Crippen molar-refractivity contribution in [3.05, 3.63) is 83.6 Å². The molecule has 0 aliphatic heterocycles. The number of aliphatic hydroxyl groups is 1. The van der Waals surface area contributed by atoms with Gasteiger partial charge in [-0.1, -0.05) is 60.7 Å². The second kappa shape index (κ2) is 7.26. The highest BCUT2D eigenvalue weighted by molar-refractivity contribution is 5.96. The van der Waals surface area contributed by atoms with E-state index in [1.54, 1.807) is 7.05 Å². The van der Waals surface area contributed by atoms with Gasteiger partial charge < -0.3 is 15.1 Å². The van der Waals surface area contributed by atoms with Gasteiger partial charge in [0, 0.05) is 7.05 Å². The number of carbonyl (C=O) groups is 2. The smallest absolute Gasteiger partial charge is 0.371 e. The van der Waals surface area contributed by atoms with Gasteiger partial charge in [0.15, 0.2) is 0 Å². The first-order valence-corrected chi connectivity index (χ1v) is 7.01. The van der Waals surface area contributed by atoms with E-state index in [0.29, 0.717) is 6.08 Å². The summed E-state index contributed by atoms with van der Waals surface area (Å²) in [6, 6.07) is 18.4. The molecule has 0 heterocycles. The average Bonchev–Trinajstić information content (AvgIpc) is 2.56. The van der Waals surface area contributed by atoms with E-state index in [0.717, 1.165) is 11.1 Å². The molecule has 1 amide bonds. The fourth-order valence-electron chi connectivity index (χ4n) is 2.32. The zero-order chi connectivity index (χ0) is 16.8. The van der Waals surface area contributed by atoms with Gasteiger partial charge in [-0.25, -0.2) is 4.79 Å². The van der Waals surface area contributed by atoms with Gasteiger partial charge in [-0.15, -0.1) is 0 Å². The van der Waals surface area contributed by atoms with E-state index in [-0.39, 0.29) is 6.04 Å². The Morgan fingerprint density at radius 3 is 1.74 bits per heavy atom. The summed E-state index contributed by atoms with van der Waals surface area (Å²) >= 11 is 0. The monoisotopic (exact) mass is 311 g/mol. The maximum atomic E-state index is 12.3. The van der Waals surface area contributed by atoms with Crippen LogP contribution in [0.4, 0.5) is 0 Å². The first-order chi connectivity index (χ1) is 11.0. The van der Waals surface area contributed by atoms with Crippen molar-refractivity contribution in [2.45, 2.75) is 6.04 Å². The molecule has 5 heteroatoms. The van der Waals surface area contributed by atoms with Crippen molar-refractivity contribution in [3.8, 4) is 0 Å². The number of hydrogen-bond donors (Lipinski definition) is 2. The molecule has 2 aromatic rings. The van der Waals surface area contributed by atoms with Crippen LogP contribution < -0.4 is 0 Å². The first-order valence-electron chi connectivity index (χ1n) is 7.01. The Morgan fingerprint density at radius 1 is 0.913 bits per heavy atom. The molecule has 23 heavy (non-hydrogen) atoms. The summed E-state index contributed by atoms with van der Waals surface area (Å²) in [4.78, 5) is 24.3. The average molecular weight is 311 g/mol. The fourth-order valence-corrected chi connectivity index (χ4v) is 2.32. The molecule has 0 fully saturated rings. The van der Waals surface area contributed by atoms with Gasteiger partial charge >= 0.3 is 5.97 Å². The van der Waals surface area contributed by atoms with Gasteiger partial charge in [-0.05, 0) is 11.1 Å². The molecule has 0 aliphatic rings. The number of hydrogen-bond acceptors (Lipinski definition) is 3. The summed E-state index contributed by atoms with van der Waals surface area (Å²) in [5, 5.41) is 18.0. The van der Waals surface area contributed by atoms with Crippen LogP contribution in [0, 0.1) is 0 Å². The van der Waals surface area contributed by atoms with Crippen LogP contribution in [0.15, 0.2) is 72.5 Å². The second-order valence-electron chi connectivity index (χ2n) is 5.01. The molecular formula is C18H17NO4. The van der Waals surface area contributed by atoms with Crippen LogP contribution in [-0.2, 0) is 9.59 Å². The largest absolute Gasteiger partial charge is 0.502 e. The standard InChI is InChI=1S/C18H17NO4/c1-19(16(21)12-15(20)18(22)23)17(13-8-4-2-5-9-13)14-10-6-3-7-11-14/h2-12,17,20H,1H3,(H,22,23). The molecule has 2 aromatic carbocycles. The van der Waals surface area contributed by atoms with Crippen molar-refractivity contribution < 1.29 is 19.8 Å². The van der Waals surface area contributed by atoms with Crippen molar-refractivity contribution in [1.29, 1.82) is 0 Å². The summed E-state index contributed by atoms with van der Waals surface area (Å²) in [6.45, 7) is 0. The van der Waals surface area contributed by atoms with Crippen LogP contribution in [0.2, 0.25) is 0 Å². The predicted octanol–water partition coefficient (Wildman–Crippen LogP) is 2.76. The highest BCUT2D eigenvalue weighted by Gasteiger charge is 2.23. The number of benzene rings is 2. The number of likely N-dealkylation sites (N-methyl/N-ethyl adjacent to an activating group) is 1. The van der Waals surface area contributed by atoms with Gasteiger partial charge in [-0.3, -0.25) is 4.79 Å². The zero-order valence-corrected chi connectivity index (χ0v) is 12.6. The Bertz CT molecular complexity index is 671. The molecule has 0 bridgehead atoms. The van der Waals surface area contributed by atoms with Gasteiger partial charge in [-0.2, -0.15) is 0 Å². The quantitative estimate of drug-likeness (QED) is 0.657. The SMILES string of the molecule is CN(C(=O)C=C(O)C(=O)O)C(c1ccccc1)c1ccccc1. The summed E-state index contributed by atoms with van der Waals surface area (Å²) in [5.74, 6) is -3.12. The number of carboxylic acid groups (broad SMARTS) is 1. The van der Waals surface area contributed by atoms with Crippen molar-refractivity contribution in [2.24, 2.45) is 0 Å². The number of amides is 1. The predicted molar refractivity (Wildman–Crippen MR) is 85.8 cm³/mol. The highest BCUT2D eigenvalue weighted by Crippen LogP contribution is 2.27. The Labute approximate surface area is 134 Å². The molecule has 2 N–H and O–H groups in total. The molecule has 0 saturated carbocycles. The molecule has 0 aromatic heterocycles. The van der Waals surface area contributed by atoms with Crippen molar-refractivity contribution in [3.63, 3.8) is 0 Å². The minimum absolute atomic E-state index is 0.386. The van der Waals surface area contributed by atoms with E-state index in [4.69, 9.17) is 5.11 Å².